The summed E-state index contributed by atoms with van der Waals surface area (Å²) in [7, 11) is 8.30. The third kappa shape index (κ3) is 4.69. The Bertz CT molecular complexity index is 1220. The summed E-state index contributed by atoms with van der Waals surface area (Å²) in [5, 5.41) is 5.10. The predicted molar refractivity (Wildman–Crippen MR) is 134 cm³/mol. The zero-order valence-corrected chi connectivity index (χ0v) is 21.6. The average molecular weight is 473 g/mol. The van der Waals surface area contributed by atoms with Gasteiger partial charge >= 0.3 is 0 Å². The Morgan fingerprint density at radius 1 is 0.879 bits per heavy atom. The lowest BCUT2D eigenvalue weighted by Crippen LogP contribution is -2.57. The molecule has 1 aromatic heterocycles. The van der Waals surface area contributed by atoms with E-state index in [0.717, 1.165) is 26.2 Å². The molecule has 0 saturated carbocycles. The van der Waals surface area contributed by atoms with Crippen LogP contribution in [0.2, 0.25) is 0 Å². The highest BCUT2D eigenvalue weighted by Gasteiger charge is 2.34. The second-order valence-electron chi connectivity index (χ2n) is 9.34. The van der Waals surface area contributed by atoms with Gasteiger partial charge in [0.15, 0.2) is 0 Å². The molecule has 0 aliphatic carbocycles. The van der Waals surface area contributed by atoms with Crippen molar-refractivity contribution < 1.29 is 8.42 Å². The van der Waals surface area contributed by atoms with E-state index in [9.17, 15) is 8.42 Å². The molecule has 2 aromatic carbocycles. The van der Waals surface area contributed by atoms with Crippen molar-refractivity contribution in [3.63, 3.8) is 0 Å². The summed E-state index contributed by atoms with van der Waals surface area (Å²) in [5.41, 5.74) is 10.2. The van der Waals surface area contributed by atoms with E-state index >= 15 is 0 Å². The number of benzene rings is 2. The van der Waals surface area contributed by atoms with Crippen molar-refractivity contribution >= 4 is 20.9 Å². The molecule has 3 aromatic rings. The first-order valence-corrected chi connectivity index (χ1v) is 12.4. The third-order valence-corrected chi connectivity index (χ3v) is 7.93. The summed E-state index contributed by atoms with van der Waals surface area (Å²) < 4.78 is 27.7. The maximum absolute atomic E-state index is 13.3. The van der Waals surface area contributed by atoms with E-state index in [1.807, 2.05) is 73.2 Å². The first-order chi connectivity index (χ1) is 15.4. The Morgan fingerprint density at radius 2 is 1.48 bits per heavy atom. The monoisotopic (exact) mass is 472 g/mol. The minimum Gasteiger partial charge on any atom is -0.314 e. The van der Waals surface area contributed by atoms with Crippen LogP contribution in [0, 0.1) is 13.8 Å². The summed E-state index contributed by atoms with van der Waals surface area (Å²) in [6.07, 6.45) is 1.44. The first kappa shape index (κ1) is 25.3. The molecular formula is C24H36N6O2S. The van der Waals surface area contributed by atoms with E-state index in [1.165, 1.54) is 0 Å². The number of nitrogens with two attached hydrogens (primary N) is 1. The fraction of sp³-hybridized carbons (Fsp3) is 0.458. The van der Waals surface area contributed by atoms with Gasteiger partial charge in [-0.2, -0.15) is 17.6 Å². The molecule has 0 aliphatic heterocycles. The van der Waals surface area contributed by atoms with Crippen molar-refractivity contribution in [3.8, 4) is 0 Å². The second-order valence-corrected chi connectivity index (χ2v) is 11.1. The number of aromatic nitrogens is 2. The summed E-state index contributed by atoms with van der Waals surface area (Å²) in [5.74, 6) is 0. The van der Waals surface area contributed by atoms with Crippen LogP contribution in [0.25, 0.3) is 10.9 Å². The van der Waals surface area contributed by atoms with Crippen molar-refractivity contribution in [2.24, 2.45) is 5.73 Å². The van der Waals surface area contributed by atoms with Gasteiger partial charge in [0.2, 0.25) is 0 Å². The highest BCUT2D eigenvalue weighted by atomic mass is 32.2. The first-order valence-electron chi connectivity index (χ1n) is 10.9. The van der Waals surface area contributed by atoms with E-state index in [2.05, 4.69) is 14.9 Å². The third-order valence-electron chi connectivity index (χ3n) is 6.32. The number of hydrogen-bond donors (Lipinski definition) is 1. The normalized spacial score (nSPS) is 15.5. The topological polar surface area (TPSA) is 87.7 Å². The van der Waals surface area contributed by atoms with E-state index in [1.54, 1.807) is 30.5 Å². The van der Waals surface area contributed by atoms with Crippen LogP contribution in [0.1, 0.15) is 22.7 Å². The highest BCUT2D eigenvalue weighted by Crippen LogP contribution is 2.34. The number of nitrogens with zero attached hydrogens (tertiary/aromatic N) is 5. The Hall–Kier alpha value is -2.30. The molecule has 2 N–H and O–H groups in total. The van der Waals surface area contributed by atoms with E-state index in [0.29, 0.717) is 5.52 Å². The number of rotatable bonds is 8. The van der Waals surface area contributed by atoms with Crippen LogP contribution in [0.4, 0.5) is 0 Å². The van der Waals surface area contributed by atoms with Crippen LogP contribution in [0.5, 0.6) is 0 Å². The summed E-state index contributed by atoms with van der Waals surface area (Å²) in [6, 6.07) is 10.6. The molecule has 9 heteroatoms. The van der Waals surface area contributed by atoms with Crippen molar-refractivity contribution in [3.05, 3.63) is 59.3 Å². The number of likely N-dealkylation sites (N-methyl/N-ethyl adjacent to an activating group) is 3. The Labute approximate surface area is 197 Å². The molecule has 180 valence electrons. The van der Waals surface area contributed by atoms with Gasteiger partial charge in [-0.05, 0) is 85.5 Å². The summed E-state index contributed by atoms with van der Waals surface area (Å²) in [6.45, 7) is 3.95. The van der Waals surface area contributed by atoms with Gasteiger partial charge in [-0.15, -0.1) is 0 Å². The predicted octanol–water partition coefficient (Wildman–Crippen LogP) is 2.27. The van der Waals surface area contributed by atoms with Crippen LogP contribution in [-0.2, 0) is 10.0 Å². The second kappa shape index (κ2) is 9.52. The zero-order valence-electron chi connectivity index (χ0n) is 20.8. The van der Waals surface area contributed by atoms with Crippen molar-refractivity contribution in [2.45, 2.75) is 37.0 Å². The van der Waals surface area contributed by atoms with Crippen LogP contribution in [-0.4, -0.2) is 86.8 Å². The van der Waals surface area contributed by atoms with Gasteiger partial charge in [0.1, 0.15) is 0 Å². The largest absolute Gasteiger partial charge is 0.314 e. The molecule has 0 aliphatic rings. The fourth-order valence-electron chi connectivity index (χ4n) is 4.40. The van der Waals surface area contributed by atoms with E-state index < -0.39 is 10.0 Å². The van der Waals surface area contributed by atoms with Gasteiger partial charge in [0.05, 0.1) is 34.9 Å². The number of hydrogen-bond acceptors (Lipinski definition) is 7. The SMILES string of the molecule is Cc1ccc(S(=O)(=O)n2ncc3c(C)c([C@@H]([C@@H]([C@@H](N)N(C)C)N(C)C)N(C)C)ccc32)cc1. The molecule has 0 saturated heterocycles. The molecule has 0 unspecified atom stereocenters. The van der Waals surface area contributed by atoms with E-state index in [4.69, 9.17) is 5.73 Å². The Balaban J connectivity index is 2.15. The molecule has 8 nitrogen and oxygen atoms in total. The Morgan fingerprint density at radius 3 is 2.00 bits per heavy atom. The number of aryl methyl sites for hydroxylation is 2. The van der Waals surface area contributed by atoms with Crippen molar-refractivity contribution in [2.75, 3.05) is 42.3 Å². The standard InChI is InChI=1S/C24H36N6O2S/c1-16-9-11-18(12-10-16)33(31,32)30-21-14-13-19(17(2)20(21)15-26-30)22(27(3)4)23(28(5)6)24(25)29(7)8/h9-15,22-24H,25H2,1-8H3/t22-,23-,24-/m0/s1. The van der Waals surface area contributed by atoms with Gasteiger partial charge in [0, 0.05) is 5.39 Å². The molecule has 0 amide bonds. The van der Waals surface area contributed by atoms with Crippen LogP contribution in [0.15, 0.2) is 47.5 Å². The lowest BCUT2D eigenvalue weighted by atomic mass is 9.90. The molecule has 3 atom stereocenters. The zero-order chi connectivity index (χ0) is 24.7. The smallest absolute Gasteiger partial charge is 0.283 e. The van der Waals surface area contributed by atoms with Gasteiger partial charge in [-0.3, -0.25) is 4.90 Å². The Kier molecular flexibility index (Phi) is 7.30. The molecule has 3 rings (SSSR count). The molecule has 0 radical (unpaired) electrons. The summed E-state index contributed by atoms with van der Waals surface area (Å²) in [4.78, 5) is 6.54. The maximum Gasteiger partial charge on any atom is 0.283 e. The van der Waals surface area contributed by atoms with Gasteiger partial charge in [-0.1, -0.05) is 23.8 Å². The van der Waals surface area contributed by atoms with Crippen molar-refractivity contribution in [1.29, 1.82) is 0 Å². The van der Waals surface area contributed by atoms with Crippen molar-refractivity contribution in [1.82, 2.24) is 23.9 Å². The molecule has 0 fully saturated rings. The van der Waals surface area contributed by atoms with Crippen LogP contribution in [0.3, 0.4) is 0 Å². The fourth-order valence-corrected chi connectivity index (χ4v) is 5.67. The average Bonchev–Trinajstić information content (AvgIpc) is 3.18. The maximum atomic E-state index is 13.3. The molecular weight excluding hydrogens is 436 g/mol. The minimum absolute atomic E-state index is 0.00233. The lowest BCUT2D eigenvalue weighted by Gasteiger charge is -2.42. The van der Waals surface area contributed by atoms with Gasteiger partial charge in [0.25, 0.3) is 10.0 Å². The highest BCUT2D eigenvalue weighted by molar-refractivity contribution is 7.90. The van der Waals surface area contributed by atoms with Crippen LogP contribution < -0.4 is 5.73 Å². The van der Waals surface area contributed by atoms with E-state index in [-0.39, 0.29) is 23.1 Å². The van der Waals surface area contributed by atoms with Gasteiger partial charge < -0.3 is 15.5 Å². The molecule has 1 heterocycles. The van der Waals surface area contributed by atoms with Gasteiger partial charge in [-0.25, -0.2) is 0 Å². The molecule has 0 bridgehead atoms. The quantitative estimate of drug-likeness (QED) is 0.503. The number of fused-ring (bicyclic) bond motifs is 1. The lowest BCUT2D eigenvalue weighted by molar-refractivity contribution is 0.0778. The van der Waals surface area contributed by atoms with Crippen LogP contribution >= 0.6 is 0 Å². The molecule has 33 heavy (non-hydrogen) atoms. The summed E-state index contributed by atoms with van der Waals surface area (Å²) >= 11 is 0. The molecule has 0 spiro atoms. The minimum atomic E-state index is -3.80.